The van der Waals surface area contributed by atoms with Crippen molar-refractivity contribution in [3.05, 3.63) is 80.6 Å². The maximum absolute atomic E-state index is 14.8. The van der Waals surface area contributed by atoms with E-state index in [0.29, 0.717) is 5.39 Å². The van der Waals surface area contributed by atoms with Gasteiger partial charge in [-0.25, -0.2) is 23.8 Å². The molecule has 4 aromatic rings. The van der Waals surface area contributed by atoms with Gasteiger partial charge in [-0.2, -0.15) is 18.3 Å². The number of fused-ring (bicyclic) bond motifs is 1. The lowest BCUT2D eigenvalue weighted by Gasteiger charge is -2.20. The standard InChI is InChI=1S/C24H21F5N6O2/c1-12-8-30-21(31-9-12)17-6-14-3-4-35(23(37)16(14)7-18(17)26)11-15(25)5-13(2)33-19-10-32-34-22(36)20(19)24(27,28)29/h3-4,6-10,13,15H,5,11H2,1-2H3,(H2,33,34,36)/t13-,15+/m0/s1. The van der Waals surface area contributed by atoms with Crippen molar-refractivity contribution in [2.45, 2.75) is 45.2 Å². The topological polar surface area (TPSA) is 106 Å². The summed E-state index contributed by atoms with van der Waals surface area (Å²) < 4.78 is 70.3. The van der Waals surface area contributed by atoms with E-state index in [1.165, 1.54) is 37.6 Å². The van der Waals surface area contributed by atoms with E-state index in [-0.39, 0.29) is 23.2 Å². The van der Waals surface area contributed by atoms with Crippen molar-refractivity contribution in [1.29, 1.82) is 0 Å². The molecule has 2 atom stereocenters. The van der Waals surface area contributed by atoms with E-state index in [1.807, 2.05) is 0 Å². The Morgan fingerprint density at radius 2 is 1.84 bits per heavy atom. The van der Waals surface area contributed by atoms with Crippen LogP contribution in [0.2, 0.25) is 0 Å². The van der Waals surface area contributed by atoms with Gasteiger partial charge in [0.05, 0.1) is 29.4 Å². The smallest absolute Gasteiger partial charge is 0.381 e. The lowest BCUT2D eigenvalue weighted by Crippen LogP contribution is -2.30. The van der Waals surface area contributed by atoms with Crippen molar-refractivity contribution in [2.24, 2.45) is 0 Å². The summed E-state index contributed by atoms with van der Waals surface area (Å²) in [6, 6.07) is 3.17. The fourth-order valence-corrected chi connectivity index (χ4v) is 3.94. The van der Waals surface area contributed by atoms with Gasteiger partial charge in [0.15, 0.2) is 5.82 Å². The highest BCUT2D eigenvalue weighted by atomic mass is 19.4. The molecule has 0 saturated carbocycles. The number of pyridine rings is 1. The summed E-state index contributed by atoms with van der Waals surface area (Å²) >= 11 is 0. The van der Waals surface area contributed by atoms with Crippen molar-refractivity contribution in [2.75, 3.05) is 5.32 Å². The second kappa shape index (κ2) is 10.1. The van der Waals surface area contributed by atoms with E-state index in [1.54, 1.807) is 12.0 Å². The highest BCUT2D eigenvalue weighted by Gasteiger charge is 2.37. The number of halogens is 5. The predicted octanol–water partition coefficient (Wildman–Crippen LogP) is 4.24. The number of rotatable bonds is 7. The van der Waals surface area contributed by atoms with Gasteiger partial charge < -0.3 is 9.88 Å². The molecule has 0 bridgehead atoms. The number of aromatic nitrogens is 5. The molecule has 2 N–H and O–H groups in total. The first kappa shape index (κ1) is 25.9. The zero-order valence-electron chi connectivity index (χ0n) is 19.6. The van der Waals surface area contributed by atoms with E-state index >= 15 is 0 Å². The molecule has 0 aliphatic carbocycles. The van der Waals surface area contributed by atoms with Crippen LogP contribution in [0.15, 0.2) is 52.6 Å². The van der Waals surface area contributed by atoms with Gasteiger partial charge in [-0.3, -0.25) is 9.59 Å². The minimum Gasteiger partial charge on any atom is -0.381 e. The van der Waals surface area contributed by atoms with Crippen molar-refractivity contribution in [3.8, 4) is 11.4 Å². The number of aryl methyl sites for hydroxylation is 1. The van der Waals surface area contributed by atoms with Gasteiger partial charge >= 0.3 is 6.18 Å². The number of alkyl halides is 4. The van der Waals surface area contributed by atoms with Gasteiger partial charge in [0, 0.05) is 31.1 Å². The summed E-state index contributed by atoms with van der Waals surface area (Å²) in [5, 5.41) is 7.98. The summed E-state index contributed by atoms with van der Waals surface area (Å²) in [6.45, 7) is 2.81. The van der Waals surface area contributed by atoms with Crippen molar-refractivity contribution >= 4 is 16.5 Å². The summed E-state index contributed by atoms with van der Waals surface area (Å²) in [5.74, 6) is -0.559. The Balaban J connectivity index is 1.51. The number of hydrogen-bond acceptors (Lipinski definition) is 6. The van der Waals surface area contributed by atoms with Gasteiger partial charge in [0.2, 0.25) is 0 Å². The lowest BCUT2D eigenvalue weighted by atomic mass is 10.1. The maximum atomic E-state index is 14.8. The minimum atomic E-state index is -4.94. The van der Waals surface area contributed by atoms with Crippen LogP contribution in [0.25, 0.3) is 22.2 Å². The molecule has 0 fully saturated rings. The summed E-state index contributed by atoms with van der Waals surface area (Å²) in [4.78, 5) is 32.7. The van der Waals surface area contributed by atoms with E-state index in [0.717, 1.165) is 22.4 Å². The lowest BCUT2D eigenvalue weighted by molar-refractivity contribution is -0.138. The first-order chi connectivity index (χ1) is 17.4. The molecule has 3 heterocycles. The first-order valence-electron chi connectivity index (χ1n) is 11.1. The molecule has 13 heteroatoms. The Morgan fingerprint density at radius 3 is 2.51 bits per heavy atom. The number of anilines is 1. The zero-order valence-corrected chi connectivity index (χ0v) is 19.6. The van der Waals surface area contributed by atoms with Crippen LogP contribution in [-0.4, -0.2) is 36.9 Å². The fourth-order valence-electron chi connectivity index (χ4n) is 3.94. The third-order valence-electron chi connectivity index (χ3n) is 5.63. The third-order valence-corrected chi connectivity index (χ3v) is 5.63. The normalized spacial score (nSPS) is 13.5. The number of H-pyrrole nitrogens is 1. The van der Waals surface area contributed by atoms with E-state index in [4.69, 9.17) is 0 Å². The molecule has 0 amide bonds. The molecule has 0 saturated heterocycles. The molecule has 37 heavy (non-hydrogen) atoms. The molecule has 0 unspecified atom stereocenters. The van der Waals surface area contributed by atoms with Crippen LogP contribution in [0.4, 0.5) is 27.6 Å². The van der Waals surface area contributed by atoms with Gasteiger partial charge in [0.25, 0.3) is 11.1 Å². The van der Waals surface area contributed by atoms with Crippen LogP contribution in [0, 0.1) is 12.7 Å². The Hall–Kier alpha value is -4.16. The first-order valence-corrected chi connectivity index (χ1v) is 11.1. The van der Waals surface area contributed by atoms with E-state index in [2.05, 4.69) is 20.4 Å². The summed E-state index contributed by atoms with van der Waals surface area (Å²) in [7, 11) is 0. The van der Waals surface area contributed by atoms with Crippen LogP contribution in [0.3, 0.4) is 0 Å². The quantitative estimate of drug-likeness (QED) is 0.353. The Kier molecular flexibility index (Phi) is 7.05. The van der Waals surface area contributed by atoms with Crippen LogP contribution < -0.4 is 16.4 Å². The van der Waals surface area contributed by atoms with Crippen molar-refractivity contribution in [3.63, 3.8) is 0 Å². The molecule has 194 valence electrons. The average molecular weight is 520 g/mol. The number of hydrogen-bond donors (Lipinski definition) is 2. The molecule has 8 nitrogen and oxygen atoms in total. The molecule has 0 aliphatic heterocycles. The monoisotopic (exact) mass is 520 g/mol. The van der Waals surface area contributed by atoms with Gasteiger partial charge in [0.1, 0.15) is 17.6 Å². The summed E-state index contributed by atoms with van der Waals surface area (Å²) in [5.41, 5.74) is -3.19. The highest BCUT2D eigenvalue weighted by Crippen LogP contribution is 2.32. The zero-order chi connectivity index (χ0) is 26.9. The van der Waals surface area contributed by atoms with Gasteiger partial charge in [-0.15, -0.1) is 0 Å². The number of nitrogens with one attached hydrogen (secondary N) is 2. The van der Waals surface area contributed by atoms with Gasteiger partial charge in [-0.1, -0.05) is 0 Å². The van der Waals surface area contributed by atoms with Crippen molar-refractivity contribution < 1.29 is 22.0 Å². The average Bonchev–Trinajstić information content (AvgIpc) is 2.80. The maximum Gasteiger partial charge on any atom is 0.423 e. The summed E-state index contributed by atoms with van der Waals surface area (Å²) in [6.07, 6.45) is -1.64. The Labute approximate surface area is 206 Å². The van der Waals surface area contributed by atoms with E-state index < -0.39 is 53.1 Å². The Bertz CT molecular complexity index is 1550. The highest BCUT2D eigenvalue weighted by molar-refractivity contribution is 5.85. The fraction of sp³-hybridized carbons (Fsp3) is 0.292. The molecule has 0 radical (unpaired) electrons. The minimum absolute atomic E-state index is 0.0265. The van der Waals surface area contributed by atoms with Crippen LogP contribution >= 0.6 is 0 Å². The second-order valence-electron chi connectivity index (χ2n) is 8.64. The molecule has 0 spiro atoms. The molecular formula is C24H21F5N6O2. The number of benzene rings is 1. The van der Waals surface area contributed by atoms with Crippen LogP contribution in [0.1, 0.15) is 24.5 Å². The largest absolute Gasteiger partial charge is 0.423 e. The molecule has 1 aromatic carbocycles. The molecule has 3 aromatic heterocycles. The second-order valence-corrected chi connectivity index (χ2v) is 8.64. The van der Waals surface area contributed by atoms with Gasteiger partial charge in [-0.05, 0) is 43.0 Å². The third kappa shape index (κ3) is 5.65. The van der Waals surface area contributed by atoms with Crippen molar-refractivity contribution in [1.82, 2.24) is 24.7 Å². The molecule has 0 aliphatic rings. The van der Waals surface area contributed by atoms with E-state index in [9.17, 15) is 31.5 Å². The number of aromatic amines is 1. The SMILES string of the molecule is Cc1cnc(-c2cc3ccn(C[C@H](F)C[C@H](C)Nc4cn[nH]c(=O)c4C(F)(F)F)c(=O)c3cc2F)nc1. The van der Waals surface area contributed by atoms with Crippen LogP contribution in [-0.2, 0) is 12.7 Å². The predicted molar refractivity (Wildman–Crippen MR) is 126 cm³/mol. The van der Waals surface area contributed by atoms with Crippen LogP contribution in [0.5, 0.6) is 0 Å². The number of nitrogens with zero attached hydrogens (tertiary/aromatic N) is 4. The molecule has 4 rings (SSSR count). The molecular weight excluding hydrogens is 499 g/mol. The Morgan fingerprint density at radius 1 is 1.14 bits per heavy atom.